The minimum absolute atomic E-state index is 0.323. The third kappa shape index (κ3) is 3.55. The molecule has 0 amide bonds. The highest BCUT2D eigenvalue weighted by atomic mass is 16.5. The van der Waals surface area contributed by atoms with Crippen molar-refractivity contribution in [1.82, 2.24) is 5.32 Å². The van der Waals surface area contributed by atoms with Crippen molar-refractivity contribution in [1.29, 1.82) is 0 Å². The molecule has 1 fully saturated rings. The highest BCUT2D eigenvalue weighted by Gasteiger charge is 2.20. The van der Waals surface area contributed by atoms with Gasteiger partial charge in [-0.15, -0.1) is 0 Å². The Hall–Kier alpha value is -0.0800. The van der Waals surface area contributed by atoms with Crippen LogP contribution >= 0.6 is 0 Å². The summed E-state index contributed by atoms with van der Waals surface area (Å²) < 4.78 is 5.22. The van der Waals surface area contributed by atoms with E-state index in [1.54, 1.807) is 7.11 Å². The van der Waals surface area contributed by atoms with E-state index in [1.807, 2.05) is 0 Å². The third-order valence-corrected chi connectivity index (χ3v) is 2.79. The maximum absolute atomic E-state index is 5.22. The van der Waals surface area contributed by atoms with Gasteiger partial charge in [-0.25, -0.2) is 0 Å². The fourth-order valence-corrected chi connectivity index (χ4v) is 1.29. The van der Waals surface area contributed by atoms with Crippen LogP contribution in [0, 0.1) is 5.92 Å². The predicted octanol–water partition coefficient (Wildman–Crippen LogP) is 1.80. The first-order valence-electron chi connectivity index (χ1n) is 5.00. The summed E-state index contributed by atoms with van der Waals surface area (Å²) in [5.74, 6) is 1.03. The Morgan fingerprint density at radius 2 is 2.08 bits per heavy atom. The van der Waals surface area contributed by atoms with E-state index in [9.17, 15) is 0 Å². The minimum Gasteiger partial charge on any atom is -0.380 e. The summed E-state index contributed by atoms with van der Waals surface area (Å²) in [6.07, 6.45) is 4.58. The van der Waals surface area contributed by atoms with E-state index in [0.29, 0.717) is 12.1 Å². The Morgan fingerprint density at radius 3 is 2.58 bits per heavy atom. The second kappa shape index (κ2) is 4.83. The van der Waals surface area contributed by atoms with Crippen LogP contribution in [0.15, 0.2) is 0 Å². The van der Waals surface area contributed by atoms with Gasteiger partial charge in [0, 0.05) is 13.2 Å². The van der Waals surface area contributed by atoms with Gasteiger partial charge >= 0.3 is 0 Å². The standard InChI is InChI=1S/C10H21NO/c1-8(9(2)12-3)11-7-6-10-4-5-10/h8-11H,4-7H2,1-3H3. The van der Waals surface area contributed by atoms with Crippen LogP contribution in [0.5, 0.6) is 0 Å². The maximum atomic E-state index is 5.22. The van der Waals surface area contributed by atoms with Gasteiger partial charge in [-0.3, -0.25) is 0 Å². The molecular formula is C10H21NO. The van der Waals surface area contributed by atoms with Crippen LogP contribution in [0.1, 0.15) is 33.1 Å². The van der Waals surface area contributed by atoms with E-state index in [4.69, 9.17) is 4.74 Å². The Balaban J connectivity index is 1.96. The lowest BCUT2D eigenvalue weighted by atomic mass is 10.2. The molecule has 0 aliphatic heterocycles. The van der Waals surface area contributed by atoms with Crippen LogP contribution in [0.3, 0.4) is 0 Å². The molecule has 0 aromatic rings. The van der Waals surface area contributed by atoms with Crippen LogP contribution in [0.4, 0.5) is 0 Å². The lowest BCUT2D eigenvalue weighted by Crippen LogP contribution is -2.37. The van der Waals surface area contributed by atoms with Gasteiger partial charge in [-0.2, -0.15) is 0 Å². The molecule has 1 N–H and O–H groups in total. The minimum atomic E-state index is 0.323. The van der Waals surface area contributed by atoms with Crippen molar-refractivity contribution in [3.8, 4) is 0 Å². The van der Waals surface area contributed by atoms with E-state index >= 15 is 0 Å². The van der Waals surface area contributed by atoms with Crippen molar-refractivity contribution in [2.45, 2.75) is 45.3 Å². The van der Waals surface area contributed by atoms with Gasteiger partial charge in [0.1, 0.15) is 0 Å². The van der Waals surface area contributed by atoms with Gasteiger partial charge < -0.3 is 10.1 Å². The summed E-state index contributed by atoms with van der Waals surface area (Å²) in [4.78, 5) is 0. The van der Waals surface area contributed by atoms with Gasteiger partial charge in [0.05, 0.1) is 6.10 Å². The van der Waals surface area contributed by atoms with Gasteiger partial charge in [-0.05, 0) is 32.7 Å². The average molecular weight is 171 g/mol. The lowest BCUT2D eigenvalue weighted by molar-refractivity contribution is 0.0886. The molecule has 2 unspecified atom stereocenters. The van der Waals surface area contributed by atoms with Gasteiger partial charge in [0.15, 0.2) is 0 Å². The zero-order valence-electron chi connectivity index (χ0n) is 8.47. The molecule has 72 valence electrons. The Labute approximate surface area is 75.7 Å². The summed E-state index contributed by atoms with van der Waals surface area (Å²) >= 11 is 0. The van der Waals surface area contributed by atoms with Crippen molar-refractivity contribution >= 4 is 0 Å². The summed E-state index contributed by atoms with van der Waals surface area (Å²) in [7, 11) is 1.77. The molecule has 2 nitrogen and oxygen atoms in total. The van der Waals surface area contributed by atoms with Crippen molar-refractivity contribution in [3.05, 3.63) is 0 Å². The predicted molar refractivity (Wildman–Crippen MR) is 51.3 cm³/mol. The molecule has 1 saturated carbocycles. The topological polar surface area (TPSA) is 21.3 Å². The Morgan fingerprint density at radius 1 is 1.42 bits per heavy atom. The summed E-state index contributed by atoms with van der Waals surface area (Å²) in [5.41, 5.74) is 0. The summed E-state index contributed by atoms with van der Waals surface area (Å²) in [6.45, 7) is 5.44. The zero-order valence-corrected chi connectivity index (χ0v) is 8.47. The molecular weight excluding hydrogens is 150 g/mol. The number of hydrogen-bond donors (Lipinski definition) is 1. The highest BCUT2D eigenvalue weighted by molar-refractivity contribution is 4.75. The van der Waals surface area contributed by atoms with Crippen LogP contribution in [0.25, 0.3) is 0 Å². The van der Waals surface area contributed by atoms with E-state index in [2.05, 4.69) is 19.2 Å². The van der Waals surface area contributed by atoms with Crippen LogP contribution in [-0.2, 0) is 4.74 Å². The first kappa shape index (κ1) is 10.0. The fourth-order valence-electron chi connectivity index (χ4n) is 1.29. The first-order chi connectivity index (χ1) is 5.74. The number of nitrogens with one attached hydrogen (secondary N) is 1. The molecule has 0 radical (unpaired) electrons. The molecule has 12 heavy (non-hydrogen) atoms. The molecule has 0 saturated heterocycles. The molecule has 1 rings (SSSR count). The summed E-state index contributed by atoms with van der Waals surface area (Å²) in [6, 6.07) is 0.480. The van der Waals surface area contributed by atoms with Gasteiger partial charge in [0.25, 0.3) is 0 Å². The number of methoxy groups -OCH3 is 1. The molecule has 0 bridgehead atoms. The van der Waals surface area contributed by atoms with E-state index in [-0.39, 0.29) is 0 Å². The van der Waals surface area contributed by atoms with Crippen LogP contribution in [0.2, 0.25) is 0 Å². The smallest absolute Gasteiger partial charge is 0.0693 e. The number of rotatable bonds is 6. The molecule has 2 heteroatoms. The van der Waals surface area contributed by atoms with E-state index in [0.717, 1.165) is 12.5 Å². The number of hydrogen-bond acceptors (Lipinski definition) is 2. The molecule has 0 spiro atoms. The molecule has 0 aromatic heterocycles. The SMILES string of the molecule is COC(C)C(C)NCCC1CC1. The van der Waals surface area contributed by atoms with Gasteiger partial charge in [0.2, 0.25) is 0 Å². The zero-order chi connectivity index (χ0) is 8.97. The quantitative estimate of drug-likeness (QED) is 0.658. The normalized spacial score (nSPS) is 22.2. The second-order valence-electron chi connectivity index (χ2n) is 3.92. The van der Waals surface area contributed by atoms with Gasteiger partial charge in [-0.1, -0.05) is 12.8 Å². The molecule has 2 atom stereocenters. The molecule has 0 aromatic carbocycles. The van der Waals surface area contributed by atoms with Crippen LogP contribution < -0.4 is 5.32 Å². The highest BCUT2D eigenvalue weighted by Crippen LogP contribution is 2.31. The summed E-state index contributed by atoms with van der Waals surface area (Å²) in [5, 5.41) is 3.48. The largest absolute Gasteiger partial charge is 0.380 e. The second-order valence-corrected chi connectivity index (χ2v) is 3.92. The van der Waals surface area contributed by atoms with E-state index < -0.39 is 0 Å². The Kier molecular flexibility index (Phi) is 4.02. The average Bonchev–Trinajstić information content (AvgIpc) is 2.86. The van der Waals surface area contributed by atoms with Crippen molar-refractivity contribution in [3.63, 3.8) is 0 Å². The third-order valence-electron chi connectivity index (χ3n) is 2.79. The molecule has 1 aliphatic carbocycles. The maximum Gasteiger partial charge on any atom is 0.0693 e. The van der Waals surface area contributed by atoms with Crippen molar-refractivity contribution in [2.24, 2.45) is 5.92 Å². The first-order valence-corrected chi connectivity index (χ1v) is 5.00. The monoisotopic (exact) mass is 171 g/mol. The van der Waals surface area contributed by atoms with Crippen molar-refractivity contribution < 1.29 is 4.74 Å². The van der Waals surface area contributed by atoms with Crippen LogP contribution in [-0.4, -0.2) is 25.8 Å². The van der Waals surface area contributed by atoms with E-state index in [1.165, 1.54) is 19.3 Å². The Bertz CT molecular complexity index is 123. The fraction of sp³-hybridized carbons (Fsp3) is 1.00. The van der Waals surface area contributed by atoms with Crippen molar-refractivity contribution in [2.75, 3.05) is 13.7 Å². The molecule has 0 heterocycles. The lowest BCUT2D eigenvalue weighted by Gasteiger charge is -2.19. The number of ether oxygens (including phenoxy) is 1. The molecule has 1 aliphatic rings.